The maximum atomic E-state index is 12.3. The molecule has 1 aromatic rings. The summed E-state index contributed by atoms with van der Waals surface area (Å²) in [6.07, 6.45) is 0.883. The largest absolute Gasteiger partial charge is 0.357 e. The molecule has 2 N–H and O–H groups in total. The Kier molecular flexibility index (Phi) is 7.77. The first-order valence-corrected chi connectivity index (χ1v) is 7.80. The summed E-state index contributed by atoms with van der Waals surface area (Å²) < 4.78 is 0. The van der Waals surface area contributed by atoms with Crippen LogP contribution in [0.15, 0.2) is 24.3 Å². The van der Waals surface area contributed by atoms with Crippen LogP contribution in [0.3, 0.4) is 0 Å². The van der Waals surface area contributed by atoms with E-state index in [4.69, 9.17) is 0 Å². The molecule has 1 aromatic carbocycles. The molecule has 1 aliphatic rings. The SMILES string of the molecule is CCNC.CNC(=O)C(CCC=O)N1C(=O)c2ccccc2C1=O. The fourth-order valence-electron chi connectivity index (χ4n) is 2.26. The van der Waals surface area contributed by atoms with E-state index in [2.05, 4.69) is 17.6 Å². The molecule has 24 heavy (non-hydrogen) atoms. The van der Waals surface area contributed by atoms with Crippen LogP contribution < -0.4 is 10.6 Å². The van der Waals surface area contributed by atoms with E-state index in [1.165, 1.54) is 7.05 Å². The van der Waals surface area contributed by atoms with E-state index >= 15 is 0 Å². The summed E-state index contributed by atoms with van der Waals surface area (Å²) in [5.41, 5.74) is 0.579. The summed E-state index contributed by atoms with van der Waals surface area (Å²) in [7, 11) is 3.36. The lowest BCUT2D eigenvalue weighted by Crippen LogP contribution is -2.48. The topological polar surface area (TPSA) is 95.6 Å². The van der Waals surface area contributed by atoms with Gasteiger partial charge in [-0.2, -0.15) is 0 Å². The fourth-order valence-corrected chi connectivity index (χ4v) is 2.26. The molecule has 7 heteroatoms. The van der Waals surface area contributed by atoms with Crippen LogP contribution in [0, 0.1) is 0 Å². The lowest BCUT2D eigenvalue weighted by molar-refractivity contribution is -0.124. The Morgan fingerprint density at radius 2 is 1.67 bits per heavy atom. The van der Waals surface area contributed by atoms with Crippen LogP contribution in [0.2, 0.25) is 0 Å². The Morgan fingerprint density at radius 1 is 1.17 bits per heavy atom. The molecular weight excluding hydrogens is 310 g/mol. The van der Waals surface area contributed by atoms with Crippen molar-refractivity contribution in [2.75, 3.05) is 20.6 Å². The van der Waals surface area contributed by atoms with Crippen LogP contribution in [0.25, 0.3) is 0 Å². The number of aldehydes is 1. The van der Waals surface area contributed by atoms with Gasteiger partial charge in [-0.15, -0.1) is 0 Å². The molecule has 3 amide bonds. The van der Waals surface area contributed by atoms with Gasteiger partial charge in [-0.1, -0.05) is 19.1 Å². The third-order valence-electron chi connectivity index (χ3n) is 3.60. The molecule has 0 saturated heterocycles. The van der Waals surface area contributed by atoms with Gasteiger partial charge >= 0.3 is 0 Å². The number of imide groups is 1. The normalized spacial score (nSPS) is 13.7. The molecule has 130 valence electrons. The number of fused-ring (bicyclic) bond motifs is 1. The van der Waals surface area contributed by atoms with Crippen molar-refractivity contribution in [3.05, 3.63) is 35.4 Å². The van der Waals surface area contributed by atoms with E-state index in [9.17, 15) is 19.2 Å². The number of rotatable bonds is 6. The van der Waals surface area contributed by atoms with Gasteiger partial charge in [-0.05, 0) is 32.1 Å². The van der Waals surface area contributed by atoms with Gasteiger partial charge in [0.2, 0.25) is 5.91 Å². The Bertz CT molecular complexity index is 579. The highest BCUT2D eigenvalue weighted by Crippen LogP contribution is 2.25. The van der Waals surface area contributed by atoms with Gasteiger partial charge in [0.05, 0.1) is 11.1 Å². The Balaban J connectivity index is 0.000000648. The molecule has 0 bridgehead atoms. The second-order valence-electron chi connectivity index (χ2n) is 5.11. The number of carbonyl (C=O) groups excluding carboxylic acids is 4. The first-order chi connectivity index (χ1) is 11.5. The molecule has 0 aromatic heterocycles. The highest BCUT2D eigenvalue weighted by Gasteiger charge is 2.41. The number of carbonyl (C=O) groups is 4. The maximum Gasteiger partial charge on any atom is 0.262 e. The molecule has 1 atom stereocenters. The van der Waals surface area contributed by atoms with Crippen LogP contribution in [0.1, 0.15) is 40.5 Å². The van der Waals surface area contributed by atoms with Gasteiger partial charge in [-0.25, -0.2) is 0 Å². The first kappa shape index (κ1) is 19.5. The van der Waals surface area contributed by atoms with E-state index in [0.29, 0.717) is 6.29 Å². The summed E-state index contributed by atoms with van der Waals surface area (Å²) in [5.74, 6) is -1.45. The van der Waals surface area contributed by atoms with E-state index in [0.717, 1.165) is 11.4 Å². The second-order valence-corrected chi connectivity index (χ2v) is 5.11. The van der Waals surface area contributed by atoms with Crippen molar-refractivity contribution in [3.8, 4) is 0 Å². The maximum absolute atomic E-state index is 12.3. The average molecular weight is 333 g/mol. The standard InChI is InChI=1S/C14H14N2O4.C3H9N/c1-15-12(18)11(7-4-8-17)16-13(19)9-5-2-3-6-10(9)14(16)20;1-3-4-2/h2-3,5-6,8,11H,4,7H2,1H3,(H,15,18);4H,3H2,1-2H3. The number of hydrogen-bond acceptors (Lipinski definition) is 5. The molecular formula is C17H23N3O4. The molecule has 0 aliphatic carbocycles. The minimum atomic E-state index is -0.961. The second kappa shape index (κ2) is 9.57. The minimum absolute atomic E-state index is 0.103. The van der Waals surface area contributed by atoms with Crippen molar-refractivity contribution in [3.63, 3.8) is 0 Å². The lowest BCUT2D eigenvalue weighted by Gasteiger charge is -2.24. The number of amides is 3. The molecule has 2 rings (SSSR count). The van der Waals surface area contributed by atoms with Crippen molar-refractivity contribution in [1.29, 1.82) is 0 Å². The number of hydrogen-bond donors (Lipinski definition) is 2. The molecule has 7 nitrogen and oxygen atoms in total. The van der Waals surface area contributed by atoms with Crippen LogP contribution in [-0.4, -0.2) is 55.6 Å². The molecule has 1 aliphatic heterocycles. The average Bonchev–Trinajstić information content (AvgIpc) is 2.87. The van der Waals surface area contributed by atoms with Crippen molar-refractivity contribution in [2.45, 2.75) is 25.8 Å². The summed E-state index contributed by atoms with van der Waals surface area (Å²) in [6, 6.07) is 5.46. The zero-order valence-corrected chi connectivity index (χ0v) is 14.2. The molecule has 0 saturated carbocycles. The summed E-state index contributed by atoms with van der Waals surface area (Å²) in [4.78, 5) is 47.8. The zero-order chi connectivity index (χ0) is 18.1. The summed E-state index contributed by atoms with van der Waals surface area (Å²) >= 11 is 0. The van der Waals surface area contributed by atoms with E-state index in [1.54, 1.807) is 24.3 Å². The minimum Gasteiger partial charge on any atom is -0.357 e. The molecule has 0 radical (unpaired) electrons. The van der Waals surface area contributed by atoms with Gasteiger partial charge in [0.1, 0.15) is 12.3 Å². The Hall–Kier alpha value is -2.54. The Morgan fingerprint density at radius 3 is 2.04 bits per heavy atom. The van der Waals surface area contributed by atoms with E-state index in [-0.39, 0.29) is 24.0 Å². The van der Waals surface area contributed by atoms with Crippen molar-refractivity contribution < 1.29 is 19.2 Å². The first-order valence-electron chi connectivity index (χ1n) is 7.80. The lowest BCUT2D eigenvalue weighted by atomic mass is 10.1. The highest BCUT2D eigenvalue weighted by molar-refractivity contribution is 6.22. The Labute approximate surface area is 141 Å². The number of benzene rings is 1. The van der Waals surface area contributed by atoms with E-state index < -0.39 is 23.8 Å². The molecule has 1 unspecified atom stereocenters. The van der Waals surface area contributed by atoms with Gasteiger partial charge in [0.25, 0.3) is 11.8 Å². The molecule has 0 fully saturated rings. The van der Waals surface area contributed by atoms with Crippen LogP contribution in [-0.2, 0) is 9.59 Å². The van der Waals surface area contributed by atoms with Gasteiger partial charge in [0.15, 0.2) is 0 Å². The summed E-state index contributed by atoms with van der Waals surface area (Å²) in [6.45, 7) is 3.14. The van der Waals surface area contributed by atoms with Gasteiger partial charge in [-0.3, -0.25) is 19.3 Å². The quantitative estimate of drug-likeness (QED) is 0.587. The monoisotopic (exact) mass is 333 g/mol. The van der Waals surface area contributed by atoms with Gasteiger partial charge in [0, 0.05) is 13.5 Å². The number of nitrogens with zero attached hydrogens (tertiary/aromatic N) is 1. The summed E-state index contributed by atoms with van der Waals surface area (Å²) in [5, 5.41) is 5.35. The zero-order valence-electron chi connectivity index (χ0n) is 14.2. The smallest absolute Gasteiger partial charge is 0.262 e. The highest BCUT2D eigenvalue weighted by atomic mass is 16.2. The van der Waals surface area contributed by atoms with Crippen LogP contribution in [0.5, 0.6) is 0 Å². The number of likely N-dealkylation sites (N-methyl/N-ethyl adjacent to an activating group) is 1. The van der Waals surface area contributed by atoms with Crippen molar-refractivity contribution >= 4 is 24.0 Å². The van der Waals surface area contributed by atoms with Crippen molar-refractivity contribution in [1.82, 2.24) is 15.5 Å². The molecule has 0 spiro atoms. The predicted octanol–water partition coefficient (Wildman–Crippen LogP) is 0.602. The molecule has 1 heterocycles. The van der Waals surface area contributed by atoms with Crippen molar-refractivity contribution in [2.24, 2.45) is 0 Å². The van der Waals surface area contributed by atoms with Crippen LogP contribution in [0.4, 0.5) is 0 Å². The van der Waals surface area contributed by atoms with Crippen LogP contribution >= 0.6 is 0 Å². The predicted molar refractivity (Wildman–Crippen MR) is 89.7 cm³/mol. The van der Waals surface area contributed by atoms with Gasteiger partial charge < -0.3 is 15.4 Å². The third kappa shape index (κ3) is 4.26. The third-order valence-corrected chi connectivity index (χ3v) is 3.60. The van der Waals surface area contributed by atoms with E-state index in [1.807, 2.05) is 7.05 Å². The fraction of sp³-hybridized carbons (Fsp3) is 0.412. The number of nitrogens with one attached hydrogen (secondary N) is 2.